The van der Waals surface area contributed by atoms with Crippen LogP contribution >= 0.6 is 0 Å². The third-order valence-electron chi connectivity index (χ3n) is 4.54. The molecule has 0 saturated carbocycles. The van der Waals surface area contributed by atoms with Gasteiger partial charge in [0, 0.05) is 0 Å². The molecule has 2 aliphatic rings. The number of allylic oxidation sites excluding steroid dienone is 8. The maximum atomic E-state index is 2.60. The van der Waals surface area contributed by atoms with Gasteiger partial charge < -0.3 is 24.8 Å². The molecule has 0 aliphatic heterocycles. The maximum absolute atomic E-state index is 2.60. The molecule has 0 aromatic heterocycles. The summed E-state index contributed by atoms with van der Waals surface area (Å²) in [5, 5.41) is 0. The molecule has 0 aromatic rings. The number of hydrogen-bond acceptors (Lipinski definition) is 0. The molecule has 111 valence electrons. The monoisotopic (exact) mass is 495 g/mol. The average molecular weight is 495 g/mol. The SMILES string of the molecule is CC1=CC[C]([Hf+2]([C]2=C(C)C(C)=CC2)[SiH](C)C)=C1C.[Cl-].[Cl-]. The van der Waals surface area contributed by atoms with E-state index in [0.29, 0.717) is 0 Å². The first-order valence-electron chi connectivity index (χ1n) is 7.04. The van der Waals surface area contributed by atoms with E-state index in [2.05, 4.69) is 52.9 Å². The van der Waals surface area contributed by atoms with E-state index in [-0.39, 0.29) is 24.8 Å². The molecule has 0 radical (unpaired) electrons. The van der Waals surface area contributed by atoms with Crippen molar-refractivity contribution >= 4 is 5.98 Å². The molecule has 2 aliphatic carbocycles. The van der Waals surface area contributed by atoms with Gasteiger partial charge in [0.1, 0.15) is 0 Å². The van der Waals surface area contributed by atoms with E-state index in [1.54, 1.807) is 22.3 Å². The summed E-state index contributed by atoms with van der Waals surface area (Å²) in [4.78, 5) is 0. The van der Waals surface area contributed by atoms with Crippen molar-refractivity contribution in [3.05, 3.63) is 41.1 Å². The Balaban J connectivity index is 0.00000180. The first-order valence-corrected chi connectivity index (χ1v) is 19.7. The molecule has 4 heteroatoms. The van der Waals surface area contributed by atoms with E-state index in [1.807, 2.05) is 6.66 Å². The third-order valence-corrected chi connectivity index (χ3v) is 32.7. The fourth-order valence-electron chi connectivity index (χ4n) is 3.10. The van der Waals surface area contributed by atoms with Crippen LogP contribution in [0, 0.1) is 0 Å². The fraction of sp³-hybridized carbons (Fsp3) is 0.500. The molecule has 0 bridgehead atoms. The van der Waals surface area contributed by atoms with Gasteiger partial charge in [-0.15, -0.1) is 0 Å². The Bertz CT molecular complexity index is 457. The van der Waals surface area contributed by atoms with E-state index in [1.165, 1.54) is 12.8 Å². The Morgan fingerprint density at radius 1 is 0.800 bits per heavy atom. The molecular formula is C16H25Cl2HfSi. The number of rotatable bonds is 3. The predicted octanol–water partition coefficient (Wildman–Crippen LogP) is -1.16. The molecule has 0 atom stereocenters. The molecule has 0 spiro atoms. The van der Waals surface area contributed by atoms with Gasteiger partial charge in [-0.2, -0.15) is 0 Å². The topological polar surface area (TPSA) is 0 Å². The molecule has 20 heavy (non-hydrogen) atoms. The second-order valence-corrected chi connectivity index (χ2v) is 32.7. The summed E-state index contributed by atoms with van der Waals surface area (Å²) in [6.45, 7) is 14.6. The van der Waals surface area contributed by atoms with E-state index < -0.39 is 26.6 Å². The van der Waals surface area contributed by atoms with E-state index >= 15 is 0 Å². The number of halogens is 2. The molecule has 0 unspecified atom stereocenters. The van der Waals surface area contributed by atoms with Crippen molar-refractivity contribution in [1.82, 2.24) is 0 Å². The van der Waals surface area contributed by atoms with Crippen molar-refractivity contribution in [1.29, 1.82) is 0 Å². The maximum Gasteiger partial charge on any atom is -1.00 e. The van der Waals surface area contributed by atoms with Crippen molar-refractivity contribution < 1.29 is 45.4 Å². The third kappa shape index (κ3) is 3.88. The molecular weight excluding hydrogens is 470 g/mol. The van der Waals surface area contributed by atoms with E-state index in [9.17, 15) is 0 Å². The van der Waals surface area contributed by atoms with Crippen LogP contribution in [0.5, 0.6) is 0 Å². The molecule has 0 N–H and O–H groups in total. The van der Waals surface area contributed by atoms with Gasteiger partial charge in [-0.1, -0.05) is 0 Å². The summed E-state index contributed by atoms with van der Waals surface area (Å²) in [6, 6.07) is 0. The van der Waals surface area contributed by atoms with Gasteiger partial charge in [0.15, 0.2) is 0 Å². The Kier molecular flexibility index (Phi) is 8.57. The minimum atomic E-state index is -1.66. The predicted molar refractivity (Wildman–Crippen MR) is 81.0 cm³/mol. The van der Waals surface area contributed by atoms with Crippen LogP contribution in [0.25, 0.3) is 0 Å². The van der Waals surface area contributed by atoms with Gasteiger partial charge in [0.25, 0.3) is 0 Å². The zero-order valence-corrected chi connectivity index (χ0v) is 19.7. The van der Waals surface area contributed by atoms with E-state index in [4.69, 9.17) is 0 Å². The second-order valence-electron chi connectivity index (χ2n) is 5.96. The van der Waals surface area contributed by atoms with Crippen LogP contribution in [0.4, 0.5) is 0 Å². The average Bonchev–Trinajstić information content (AvgIpc) is 2.79. The summed E-state index contributed by atoms with van der Waals surface area (Å²) in [7, 11) is 0. The Morgan fingerprint density at radius 3 is 1.35 bits per heavy atom. The summed E-state index contributed by atoms with van der Waals surface area (Å²) < 4.78 is 3.88. The van der Waals surface area contributed by atoms with E-state index in [0.717, 1.165) is 0 Å². The minimum Gasteiger partial charge on any atom is -1.00 e. The Morgan fingerprint density at radius 2 is 1.15 bits per heavy atom. The first-order chi connectivity index (χ1) is 8.43. The van der Waals surface area contributed by atoms with Crippen molar-refractivity contribution in [3.8, 4) is 0 Å². The van der Waals surface area contributed by atoms with Crippen LogP contribution in [0.3, 0.4) is 0 Å². The van der Waals surface area contributed by atoms with Gasteiger partial charge in [-0.3, -0.25) is 0 Å². The van der Waals surface area contributed by atoms with Crippen molar-refractivity contribution in [2.24, 2.45) is 0 Å². The molecule has 0 heterocycles. The first kappa shape index (κ1) is 20.6. The van der Waals surface area contributed by atoms with Crippen molar-refractivity contribution in [2.75, 3.05) is 0 Å². The minimum absolute atomic E-state index is 0. The van der Waals surface area contributed by atoms with Crippen LogP contribution in [-0.4, -0.2) is 5.98 Å². The quantitative estimate of drug-likeness (QED) is 0.435. The van der Waals surface area contributed by atoms with Crippen LogP contribution in [-0.2, 0) is 20.6 Å². The Hall–Kier alpha value is 0.627. The Labute approximate surface area is 145 Å². The zero-order valence-electron chi connectivity index (χ0n) is 13.4. The van der Waals surface area contributed by atoms with Crippen LogP contribution < -0.4 is 24.8 Å². The number of hydrogen-bond donors (Lipinski definition) is 0. The molecule has 0 amide bonds. The molecule has 0 fully saturated rings. The molecule has 0 aromatic carbocycles. The van der Waals surface area contributed by atoms with Gasteiger partial charge in [-0.25, -0.2) is 0 Å². The largest absolute Gasteiger partial charge is 1.00 e. The standard InChI is InChI=1S/2C7H9.C2H7Si.2ClH.Hf/c2*1-6-4-3-5-7(6)2;1-3-2;;;/h2*4H,3H2,1-2H3;3H,1-2H3;2*1H;/q;;;;;+2/p-2. The summed E-state index contributed by atoms with van der Waals surface area (Å²) in [6.07, 6.45) is 7.52. The van der Waals surface area contributed by atoms with Gasteiger partial charge >= 0.3 is 121 Å². The van der Waals surface area contributed by atoms with Gasteiger partial charge in [0.05, 0.1) is 0 Å². The zero-order chi connectivity index (χ0) is 13.4. The van der Waals surface area contributed by atoms with Crippen LogP contribution in [0.2, 0.25) is 13.1 Å². The molecule has 0 saturated heterocycles. The summed E-state index contributed by atoms with van der Waals surface area (Å²) in [5.41, 5.74) is 6.46. The van der Waals surface area contributed by atoms with Crippen molar-refractivity contribution in [2.45, 2.75) is 53.6 Å². The fourth-order valence-corrected chi connectivity index (χ4v) is 32.9. The summed E-state index contributed by atoms with van der Waals surface area (Å²) in [5.74, 6) is -0.493. The van der Waals surface area contributed by atoms with Gasteiger partial charge in [0.2, 0.25) is 0 Å². The van der Waals surface area contributed by atoms with Crippen LogP contribution in [0.1, 0.15) is 40.5 Å². The molecule has 2 rings (SSSR count). The van der Waals surface area contributed by atoms with Crippen LogP contribution in [0.15, 0.2) is 41.1 Å². The second kappa shape index (κ2) is 8.31. The van der Waals surface area contributed by atoms with Gasteiger partial charge in [-0.05, 0) is 0 Å². The normalized spacial score (nSPS) is 17.9. The van der Waals surface area contributed by atoms with Crippen molar-refractivity contribution in [3.63, 3.8) is 0 Å². The summed E-state index contributed by atoms with van der Waals surface area (Å²) >= 11 is -1.66. The molecule has 0 nitrogen and oxygen atoms in total. The smallest absolute Gasteiger partial charge is 1.00 e.